The molecule has 0 saturated carbocycles. The Morgan fingerprint density at radius 2 is 1.89 bits per heavy atom. The predicted octanol–water partition coefficient (Wildman–Crippen LogP) is 4.96. The Hall–Kier alpha value is -1.58. The zero-order valence-corrected chi connectivity index (χ0v) is 12.3. The standard InChI is InChI=1S/C15H13ClN2S/c1-9-3-5-13(10(2)7-9)18-14-6-4-11(16)8-12(14)17-15(18)19/h3-8H,1-2H3,(H,17,19). The Kier molecular flexibility index (Phi) is 2.96. The van der Waals surface area contributed by atoms with Crippen molar-refractivity contribution in [1.82, 2.24) is 9.55 Å². The summed E-state index contributed by atoms with van der Waals surface area (Å²) in [4.78, 5) is 3.20. The fourth-order valence-corrected chi connectivity index (χ4v) is 2.86. The third-order valence-corrected chi connectivity index (χ3v) is 3.76. The Morgan fingerprint density at radius 1 is 1.11 bits per heavy atom. The van der Waals surface area contributed by atoms with E-state index in [1.54, 1.807) is 0 Å². The van der Waals surface area contributed by atoms with Gasteiger partial charge >= 0.3 is 0 Å². The van der Waals surface area contributed by atoms with Gasteiger partial charge in [0, 0.05) is 5.02 Å². The molecule has 2 nitrogen and oxygen atoms in total. The highest BCUT2D eigenvalue weighted by atomic mass is 35.5. The molecule has 96 valence electrons. The topological polar surface area (TPSA) is 20.7 Å². The number of imidazole rings is 1. The van der Waals surface area contributed by atoms with E-state index in [9.17, 15) is 0 Å². The van der Waals surface area contributed by atoms with Crippen molar-refractivity contribution < 1.29 is 0 Å². The van der Waals surface area contributed by atoms with Crippen LogP contribution in [0.25, 0.3) is 16.7 Å². The second-order valence-corrected chi connectivity index (χ2v) is 5.54. The fraction of sp³-hybridized carbons (Fsp3) is 0.133. The third-order valence-electron chi connectivity index (χ3n) is 3.24. The maximum absolute atomic E-state index is 6.02. The summed E-state index contributed by atoms with van der Waals surface area (Å²) in [5.41, 5.74) is 5.55. The van der Waals surface area contributed by atoms with Crippen LogP contribution in [-0.4, -0.2) is 9.55 Å². The average Bonchev–Trinajstić information content (AvgIpc) is 2.65. The van der Waals surface area contributed by atoms with Gasteiger partial charge in [0.1, 0.15) is 0 Å². The van der Waals surface area contributed by atoms with E-state index >= 15 is 0 Å². The second-order valence-electron chi connectivity index (χ2n) is 4.72. The number of halogens is 1. The van der Waals surface area contributed by atoms with Crippen LogP contribution in [0.1, 0.15) is 11.1 Å². The monoisotopic (exact) mass is 288 g/mol. The summed E-state index contributed by atoms with van der Waals surface area (Å²) >= 11 is 11.5. The zero-order chi connectivity index (χ0) is 13.6. The van der Waals surface area contributed by atoms with Crippen molar-refractivity contribution in [1.29, 1.82) is 0 Å². The van der Waals surface area contributed by atoms with E-state index in [-0.39, 0.29) is 0 Å². The molecule has 3 aromatic rings. The van der Waals surface area contributed by atoms with E-state index in [0.29, 0.717) is 9.79 Å². The molecule has 1 aromatic heterocycles. The molecular formula is C15H13ClN2S. The first-order chi connectivity index (χ1) is 9.06. The summed E-state index contributed by atoms with van der Waals surface area (Å²) in [5.74, 6) is 0. The number of aryl methyl sites for hydroxylation is 2. The van der Waals surface area contributed by atoms with E-state index in [1.807, 2.05) is 18.2 Å². The van der Waals surface area contributed by atoms with Crippen LogP contribution in [0.3, 0.4) is 0 Å². The number of benzene rings is 2. The van der Waals surface area contributed by atoms with Gasteiger partial charge < -0.3 is 4.98 Å². The number of aromatic amines is 1. The van der Waals surface area contributed by atoms with E-state index in [1.165, 1.54) is 11.1 Å². The molecule has 2 aromatic carbocycles. The Morgan fingerprint density at radius 3 is 2.63 bits per heavy atom. The van der Waals surface area contributed by atoms with Crippen molar-refractivity contribution in [2.75, 3.05) is 0 Å². The molecule has 0 fully saturated rings. The number of hydrogen-bond donors (Lipinski definition) is 1. The number of hydrogen-bond acceptors (Lipinski definition) is 1. The largest absolute Gasteiger partial charge is 0.330 e. The van der Waals surface area contributed by atoms with Gasteiger partial charge in [-0.05, 0) is 55.9 Å². The lowest BCUT2D eigenvalue weighted by atomic mass is 10.1. The van der Waals surface area contributed by atoms with Gasteiger partial charge in [-0.25, -0.2) is 0 Å². The number of aromatic nitrogens is 2. The first-order valence-corrected chi connectivity index (χ1v) is 6.83. The molecule has 3 rings (SSSR count). The number of nitrogens with zero attached hydrogens (tertiary/aromatic N) is 1. The Balaban J connectivity index is 2.36. The second kappa shape index (κ2) is 4.51. The van der Waals surface area contributed by atoms with Gasteiger partial charge in [-0.3, -0.25) is 4.57 Å². The molecule has 0 bridgehead atoms. The van der Waals surface area contributed by atoms with Crippen LogP contribution in [-0.2, 0) is 0 Å². The third kappa shape index (κ3) is 2.09. The first kappa shape index (κ1) is 12.5. The minimum atomic E-state index is 0.684. The molecule has 0 aliphatic rings. The van der Waals surface area contributed by atoms with Crippen LogP contribution < -0.4 is 0 Å². The minimum absolute atomic E-state index is 0.684. The molecule has 1 N–H and O–H groups in total. The summed E-state index contributed by atoms with van der Waals surface area (Å²) in [6.07, 6.45) is 0. The highest BCUT2D eigenvalue weighted by Gasteiger charge is 2.09. The smallest absolute Gasteiger partial charge is 0.182 e. The molecule has 0 spiro atoms. The summed E-state index contributed by atoms with van der Waals surface area (Å²) < 4.78 is 2.74. The summed E-state index contributed by atoms with van der Waals surface area (Å²) in [7, 11) is 0. The first-order valence-electron chi connectivity index (χ1n) is 6.04. The number of H-pyrrole nitrogens is 1. The summed E-state index contributed by atoms with van der Waals surface area (Å²) in [5, 5.41) is 0.705. The molecule has 4 heteroatoms. The Bertz CT molecular complexity index is 830. The van der Waals surface area contributed by atoms with Crippen molar-refractivity contribution in [2.45, 2.75) is 13.8 Å². The van der Waals surface area contributed by atoms with Crippen molar-refractivity contribution in [2.24, 2.45) is 0 Å². The van der Waals surface area contributed by atoms with Crippen LogP contribution in [0.5, 0.6) is 0 Å². The minimum Gasteiger partial charge on any atom is -0.330 e. The van der Waals surface area contributed by atoms with E-state index in [0.717, 1.165) is 16.7 Å². The molecule has 0 unspecified atom stereocenters. The number of rotatable bonds is 1. The molecule has 0 aliphatic carbocycles. The molecule has 0 atom stereocenters. The molecular weight excluding hydrogens is 276 g/mol. The molecule has 0 aliphatic heterocycles. The van der Waals surface area contributed by atoms with Crippen molar-refractivity contribution in [3.8, 4) is 5.69 Å². The van der Waals surface area contributed by atoms with Crippen molar-refractivity contribution in [3.05, 3.63) is 57.3 Å². The van der Waals surface area contributed by atoms with E-state index in [2.05, 4.69) is 41.6 Å². The van der Waals surface area contributed by atoms with Gasteiger partial charge in [-0.1, -0.05) is 29.3 Å². The van der Waals surface area contributed by atoms with Crippen LogP contribution in [0.4, 0.5) is 0 Å². The summed E-state index contributed by atoms with van der Waals surface area (Å²) in [6.45, 7) is 4.18. The molecule has 1 heterocycles. The van der Waals surface area contributed by atoms with Crippen molar-refractivity contribution in [3.63, 3.8) is 0 Å². The Labute approximate surface area is 121 Å². The van der Waals surface area contributed by atoms with Crippen LogP contribution in [0.2, 0.25) is 5.02 Å². The summed E-state index contributed by atoms with van der Waals surface area (Å²) in [6, 6.07) is 12.1. The van der Waals surface area contributed by atoms with Gasteiger partial charge in [-0.15, -0.1) is 0 Å². The number of nitrogens with one attached hydrogen (secondary N) is 1. The molecule has 19 heavy (non-hydrogen) atoms. The van der Waals surface area contributed by atoms with Gasteiger partial charge in [0.2, 0.25) is 0 Å². The maximum Gasteiger partial charge on any atom is 0.182 e. The number of fused-ring (bicyclic) bond motifs is 1. The van der Waals surface area contributed by atoms with Crippen molar-refractivity contribution >= 4 is 34.9 Å². The molecule has 0 saturated heterocycles. The van der Waals surface area contributed by atoms with Gasteiger partial charge in [0.25, 0.3) is 0 Å². The lowest BCUT2D eigenvalue weighted by Gasteiger charge is -2.09. The SMILES string of the molecule is Cc1ccc(-n2c(=S)[nH]c3cc(Cl)ccc32)c(C)c1. The maximum atomic E-state index is 6.02. The molecule has 0 radical (unpaired) electrons. The lowest BCUT2D eigenvalue weighted by Crippen LogP contribution is -1.97. The van der Waals surface area contributed by atoms with E-state index < -0.39 is 0 Å². The fourth-order valence-electron chi connectivity index (χ4n) is 2.38. The lowest BCUT2D eigenvalue weighted by molar-refractivity contribution is 1.05. The van der Waals surface area contributed by atoms with Crippen LogP contribution in [0, 0.1) is 18.6 Å². The zero-order valence-electron chi connectivity index (χ0n) is 10.7. The van der Waals surface area contributed by atoms with Gasteiger partial charge in [0.05, 0.1) is 16.7 Å². The van der Waals surface area contributed by atoms with Gasteiger partial charge in [-0.2, -0.15) is 0 Å². The highest BCUT2D eigenvalue weighted by molar-refractivity contribution is 7.71. The van der Waals surface area contributed by atoms with E-state index in [4.69, 9.17) is 23.8 Å². The normalized spacial score (nSPS) is 11.1. The van der Waals surface area contributed by atoms with Crippen LogP contribution in [0.15, 0.2) is 36.4 Å². The van der Waals surface area contributed by atoms with Gasteiger partial charge in [0.15, 0.2) is 4.77 Å². The highest BCUT2D eigenvalue weighted by Crippen LogP contribution is 2.24. The quantitative estimate of drug-likeness (QED) is 0.628. The molecule has 0 amide bonds. The van der Waals surface area contributed by atoms with Crippen LogP contribution >= 0.6 is 23.8 Å². The average molecular weight is 289 g/mol. The predicted molar refractivity (Wildman–Crippen MR) is 82.9 cm³/mol.